The molecule has 0 aromatic heterocycles. The van der Waals surface area contributed by atoms with Crippen molar-refractivity contribution in [3.8, 4) is 0 Å². The fourth-order valence-electron chi connectivity index (χ4n) is 1.50. The van der Waals surface area contributed by atoms with Crippen molar-refractivity contribution in [2.24, 2.45) is 0 Å². The maximum Gasteiger partial charge on any atom is 0.410 e. The van der Waals surface area contributed by atoms with Gasteiger partial charge in [-0.2, -0.15) is 0 Å². The zero-order valence-corrected chi connectivity index (χ0v) is 10.4. The normalized spacial score (nSPS) is 19.2. The number of carbonyl (C=O) groups excluding carboxylic acids is 1. The Hall–Kier alpha value is -0.810. The summed E-state index contributed by atoms with van der Waals surface area (Å²) in [5.74, 6) is 0. The molecule has 0 spiro atoms. The second-order valence-corrected chi connectivity index (χ2v) is 5.20. The molecule has 0 aromatic carbocycles. The first kappa shape index (κ1) is 13.3. The highest BCUT2D eigenvalue weighted by Crippen LogP contribution is 2.23. The van der Waals surface area contributed by atoms with Gasteiger partial charge in [-0.1, -0.05) is 0 Å². The Bertz CT molecular complexity index is 253. The summed E-state index contributed by atoms with van der Waals surface area (Å²) in [6.45, 7) is 8.71. The van der Waals surface area contributed by atoms with Gasteiger partial charge >= 0.3 is 6.09 Å². The molecule has 0 atom stereocenters. The number of β-amino-alcohol motifs (C(OH)–C–C–N with tert-alkyl or cyclic N) is 1. The van der Waals surface area contributed by atoms with E-state index >= 15 is 0 Å². The quantitative estimate of drug-likeness (QED) is 0.787. The third-order valence-electron chi connectivity index (χ3n) is 2.20. The van der Waals surface area contributed by atoms with Crippen LogP contribution in [0.4, 0.5) is 4.79 Å². The predicted molar refractivity (Wildman–Crippen MR) is 59.2 cm³/mol. The standard InChI is InChI=1S/C11H21NO4/c1-5-15-8-11(14)6-12(7-11)9(13)16-10(2,3)4/h14H,5-8H2,1-4H3. The van der Waals surface area contributed by atoms with Crippen LogP contribution in [0.25, 0.3) is 0 Å². The molecule has 0 radical (unpaired) electrons. The molecule has 94 valence electrons. The van der Waals surface area contributed by atoms with E-state index in [-0.39, 0.29) is 25.8 Å². The van der Waals surface area contributed by atoms with Gasteiger partial charge in [0, 0.05) is 6.61 Å². The van der Waals surface area contributed by atoms with Crippen LogP contribution >= 0.6 is 0 Å². The SMILES string of the molecule is CCOCC1(O)CN(C(=O)OC(C)(C)C)C1. The molecule has 16 heavy (non-hydrogen) atoms. The van der Waals surface area contributed by atoms with E-state index in [2.05, 4.69) is 0 Å². The van der Waals surface area contributed by atoms with E-state index in [0.717, 1.165) is 0 Å². The summed E-state index contributed by atoms with van der Waals surface area (Å²) in [4.78, 5) is 13.0. The fourth-order valence-corrected chi connectivity index (χ4v) is 1.50. The second-order valence-electron chi connectivity index (χ2n) is 5.20. The lowest BCUT2D eigenvalue weighted by atomic mass is 9.96. The van der Waals surface area contributed by atoms with Crippen molar-refractivity contribution in [1.82, 2.24) is 4.90 Å². The minimum atomic E-state index is -0.896. The van der Waals surface area contributed by atoms with Crippen LogP contribution in [-0.2, 0) is 9.47 Å². The first-order chi connectivity index (χ1) is 7.26. The Kier molecular flexibility index (Phi) is 3.80. The molecule has 5 heteroatoms. The molecule has 0 saturated carbocycles. The zero-order valence-electron chi connectivity index (χ0n) is 10.4. The number of likely N-dealkylation sites (tertiary alicyclic amines) is 1. The summed E-state index contributed by atoms with van der Waals surface area (Å²) in [7, 11) is 0. The summed E-state index contributed by atoms with van der Waals surface area (Å²) in [6, 6.07) is 0. The van der Waals surface area contributed by atoms with Crippen LogP contribution < -0.4 is 0 Å². The second kappa shape index (κ2) is 4.59. The van der Waals surface area contributed by atoms with E-state index in [0.29, 0.717) is 6.61 Å². The Morgan fingerprint density at radius 1 is 1.44 bits per heavy atom. The van der Waals surface area contributed by atoms with Gasteiger partial charge in [-0.05, 0) is 27.7 Å². The van der Waals surface area contributed by atoms with Crippen LogP contribution in [0.2, 0.25) is 0 Å². The summed E-state index contributed by atoms with van der Waals surface area (Å²) in [6.07, 6.45) is -0.381. The van der Waals surface area contributed by atoms with Crippen molar-refractivity contribution in [3.05, 3.63) is 0 Å². The van der Waals surface area contributed by atoms with Crippen molar-refractivity contribution >= 4 is 6.09 Å². The lowest BCUT2D eigenvalue weighted by Crippen LogP contribution is -2.66. The van der Waals surface area contributed by atoms with Crippen LogP contribution in [0.15, 0.2) is 0 Å². The van der Waals surface area contributed by atoms with Crippen molar-refractivity contribution < 1.29 is 19.4 Å². The molecule has 1 rings (SSSR count). The van der Waals surface area contributed by atoms with Gasteiger partial charge in [0.05, 0.1) is 19.7 Å². The Morgan fingerprint density at radius 2 is 2.00 bits per heavy atom. The number of hydrogen-bond donors (Lipinski definition) is 1. The van der Waals surface area contributed by atoms with Crippen LogP contribution in [-0.4, -0.2) is 53.6 Å². The zero-order chi connectivity index (χ0) is 12.4. The van der Waals surface area contributed by atoms with Gasteiger partial charge < -0.3 is 19.5 Å². The van der Waals surface area contributed by atoms with Crippen LogP contribution in [0.5, 0.6) is 0 Å². The molecular formula is C11H21NO4. The topological polar surface area (TPSA) is 59.0 Å². The lowest BCUT2D eigenvalue weighted by Gasteiger charge is -2.45. The van der Waals surface area contributed by atoms with Gasteiger partial charge in [0.15, 0.2) is 0 Å². The first-order valence-corrected chi connectivity index (χ1v) is 5.54. The molecule has 1 aliphatic rings. The summed E-state index contributed by atoms with van der Waals surface area (Å²) in [5.41, 5.74) is -1.39. The van der Waals surface area contributed by atoms with E-state index in [1.165, 1.54) is 4.90 Å². The maximum atomic E-state index is 11.6. The third-order valence-corrected chi connectivity index (χ3v) is 2.20. The number of rotatable bonds is 3. The summed E-state index contributed by atoms with van der Waals surface area (Å²) < 4.78 is 10.3. The van der Waals surface area contributed by atoms with Crippen molar-refractivity contribution in [1.29, 1.82) is 0 Å². The molecule has 1 aliphatic heterocycles. The molecule has 5 nitrogen and oxygen atoms in total. The van der Waals surface area contributed by atoms with Crippen molar-refractivity contribution in [3.63, 3.8) is 0 Å². The highest BCUT2D eigenvalue weighted by molar-refractivity contribution is 5.69. The van der Waals surface area contributed by atoms with Crippen LogP contribution in [0.1, 0.15) is 27.7 Å². The fraction of sp³-hybridized carbons (Fsp3) is 0.909. The summed E-state index contributed by atoms with van der Waals surface area (Å²) in [5, 5.41) is 9.88. The highest BCUT2D eigenvalue weighted by Gasteiger charge is 2.45. The Morgan fingerprint density at radius 3 is 2.44 bits per heavy atom. The average Bonchev–Trinajstić information content (AvgIpc) is 2.07. The van der Waals surface area contributed by atoms with E-state index in [4.69, 9.17) is 9.47 Å². The molecule has 1 fully saturated rings. The highest BCUT2D eigenvalue weighted by atomic mass is 16.6. The molecular weight excluding hydrogens is 210 g/mol. The maximum absolute atomic E-state index is 11.6. The average molecular weight is 231 g/mol. The number of aliphatic hydroxyl groups is 1. The molecule has 1 N–H and O–H groups in total. The molecule has 1 saturated heterocycles. The van der Waals surface area contributed by atoms with Crippen molar-refractivity contribution in [2.45, 2.75) is 38.9 Å². The molecule has 0 unspecified atom stereocenters. The molecule has 1 heterocycles. The number of hydrogen-bond acceptors (Lipinski definition) is 4. The minimum absolute atomic E-state index is 0.267. The monoisotopic (exact) mass is 231 g/mol. The van der Waals surface area contributed by atoms with E-state index in [1.54, 1.807) is 0 Å². The van der Waals surface area contributed by atoms with Gasteiger partial charge in [0.1, 0.15) is 11.2 Å². The van der Waals surface area contributed by atoms with Crippen LogP contribution in [0, 0.1) is 0 Å². The van der Waals surface area contributed by atoms with Crippen LogP contribution in [0.3, 0.4) is 0 Å². The minimum Gasteiger partial charge on any atom is -0.444 e. The van der Waals surface area contributed by atoms with E-state index < -0.39 is 11.2 Å². The molecule has 1 amide bonds. The van der Waals surface area contributed by atoms with Crippen molar-refractivity contribution in [2.75, 3.05) is 26.3 Å². The first-order valence-electron chi connectivity index (χ1n) is 5.54. The van der Waals surface area contributed by atoms with Gasteiger partial charge in [-0.15, -0.1) is 0 Å². The number of amides is 1. The van der Waals surface area contributed by atoms with E-state index in [1.807, 2.05) is 27.7 Å². The number of carbonyl (C=O) groups is 1. The third kappa shape index (κ3) is 3.64. The molecule has 0 bridgehead atoms. The molecule has 0 aromatic rings. The lowest BCUT2D eigenvalue weighted by molar-refractivity contribution is -0.134. The van der Waals surface area contributed by atoms with Gasteiger partial charge in [-0.3, -0.25) is 0 Å². The smallest absolute Gasteiger partial charge is 0.410 e. The van der Waals surface area contributed by atoms with Gasteiger partial charge in [-0.25, -0.2) is 4.79 Å². The Balaban J connectivity index is 2.32. The van der Waals surface area contributed by atoms with E-state index in [9.17, 15) is 9.90 Å². The predicted octanol–water partition coefficient (Wildman–Crippen LogP) is 1.00. The summed E-state index contributed by atoms with van der Waals surface area (Å²) >= 11 is 0. The number of ether oxygens (including phenoxy) is 2. The molecule has 0 aliphatic carbocycles. The van der Waals surface area contributed by atoms with Gasteiger partial charge in [0.2, 0.25) is 0 Å². The Labute approximate surface area is 96.3 Å². The van der Waals surface area contributed by atoms with Gasteiger partial charge in [0.25, 0.3) is 0 Å². The number of nitrogens with zero attached hydrogens (tertiary/aromatic N) is 1. The largest absolute Gasteiger partial charge is 0.444 e.